The zero-order valence-corrected chi connectivity index (χ0v) is 27.6. The van der Waals surface area contributed by atoms with E-state index in [1.807, 2.05) is 97.1 Å². The summed E-state index contributed by atoms with van der Waals surface area (Å²) in [5, 5.41) is 14.7. The molecular weight excluding hydrogens is 608 g/mol. The van der Waals surface area contributed by atoms with Crippen molar-refractivity contribution in [3.63, 3.8) is 0 Å². The molecule has 256 valence electrons. The molecule has 3 atom stereocenters. The third-order valence-corrected chi connectivity index (χ3v) is 8.20. The summed E-state index contributed by atoms with van der Waals surface area (Å²) in [6.07, 6.45) is 7.67. The van der Waals surface area contributed by atoms with E-state index in [1.165, 1.54) is 0 Å². The molecule has 0 fully saturated rings. The first-order valence-electron chi connectivity index (χ1n) is 16.9. The number of esters is 1. The van der Waals surface area contributed by atoms with Gasteiger partial charge in [-0.3, -0.25) is 14.4 Å². The number of rotatable bonds is 14. The van der Waals surface area contributed by atoms with E-state index in [-0.39, 0.29) is 63.1 Å². The molecule has 9 heteroatoms. The molecule has 0 aromatic heterocycles. The van der Waals surface area contributed by atoms with E-state index < -0.39 is 12.0 Å². The number of carbonyl (C=O) groups excluding carboxylic acids is 3. The number of carbonyl (C=O) groups is 3. The second-order valence-electron chi connectivity index (χ2n) is 12.1. The summed E-state index contributed by atoms with van der Waals surface area (Å²) in [5.74, 6) is -0.960. The number of allylic oxidation sites excluding steroid dienone is 2. The monoisotopic (exact) mass is 656 g/mol. The van der Waals surface area contributed by atoms with E-state index in [0.29, 0.717) is 32.3 Å². The molecule has 1 aliphatic heterocycles. The van der Waals surface area contributed by atoms with Gasteiger partial charge >= 0.3 is 5.97 Å². The van der Waals surface area contributed by atoms with Crippen LogP contribution in [0.2, 0.25) is 0 Å². The Morgan fingerprint density at radius 3 is 2.29 bits per heavy atom. The van der Waals surface area contributed by atoms with Crippen molar-refractivity contribution in [3.8, 4) is 5.75 Å². The summed E-state index contributed by atoms with van der Waals surface area (Å²) < 4.78 is 17.1. The molecule has 0 radical (unpaired) electrons. The van der Waals surface area contributed by atoms with Gasteiger partial charge in [-0.15, -0.1) is 0 Å². The summed E-state index contributed by atoms with van der Waals surface area (Å²) in [7, 11) is 0. The van der Waals surface area contributed by atoms with Crippen molar-refractivity contribution in [1.82, 2.24) is 10.6 Å². The van der Waals surface area contributed by atoms with Crippen LogP contribution < -0.4 is 15.4 Å². The highest BCUT2D eigenvalue weighted by atomic mass is 16.5. The van der Waals surface area contributed by atoms with Crippen molar-refractivity contribution in [1.29, 1.82) is 0 Å². The number of amides is 2. The minimum atomic E-state index is -0.597. The number of ether oxygens (including phenoxy) is 3. The van der Waals surface area contributed by atoms with Crippen LogP contribution in [0.3, 0.4) is 0 Å². The molecule has 48 heavy (non-hydrogen) atoms. The van der Waals surface area contributed by atoms with Gasteiger partial charge in [0.2, 0.25) is 11.8 Å². The van der Waals surface area contributed by atoms with Crippen LogP contribution >= 0.6 is 0 Å². The molecule has 4 rings (SSSR count). The largest absolute Gasteiger partial charge is 0.489 e. The number of hydrogen-bond donors (Lipinski definition) is 3. The summed E-state index contributed by atoms with van der Waals surface area (Å²) in [6.45, 7) is 1.15. The van der Waals surface area contributed by atoms with Gasteiger partial charge in [-0.1, -0.05) is 84.9 Å². The Kier molecular flexibility index (Phi) is 15.7. The van der Waals surface area contributed by atoms with Gasteiger partial charge in [0.05, 0.1) is 37.7 Å². The number of nitrogens with one attached hydrogen (secondary N) is 2. The average Bonchev–Trinajstić information content (AvgIpc) is 3.11. The Hall–Kier alpha value is -4.47. The first-order valence-corrected chi connectivity index (χ1v) is 16.9. The molecule has 1 aliphatic rings. The van der Waals surface area contributed by atoms with Crippen molar-refractivity contribution < 1.29 is 33.7 Å². The minimum absolute atomic E-state index is 0.00921. The molecule has 2 amide bonds. The van der Waals surface area contributed by atoms with Crippen LogP contribution in [0.5, 0.6) is 5.75 Å². The third kappa shape index (κ3) is 13.3. The van der Waals surface area contributed by atoms with E-state index >= 15 is 0 Å². The lowest BCUT2D eigenvalue weighted by atomic mass is 9.93. The Bertz CT molecular complexity index is 1410. The highest BCUT2D eigenvalue weighted by Gasteiger charge is 2.26. The number of aliphatic hydroxyl groups excluding tert-OH is 1. The van der Waals surface area contributed by atoms with Crippen LogP contribution in [0.25, 0.3) is 0 Å². The molecule has 3 aromatic carbocycles. The van der Waals surface area contributed by atoms with Gasteiger partial charge in [-0.2, -0.15) is 0 Å². The van der Waals surface area contributed by atoms with Crippen LogP contribution in [0, 0.1) is 11.8 Å². The number of aliphatic hydroxyl groups is 1. The van der Waals surface area contributed by atoms with Gasteiger partial charge in [-0.05, 0) is 67.3 Å². The van der Waals surface area contributed by atoms with E-state index in [4.69, 9.17) is 19.3 Å². The zero-order chi connectivity index (χ0) is 33.8. The highest BCUT2D eigenvalue weighted by Crippen LogP contribution is 2.21. The van der Waals surface area contributed by atoms with E-state index in [2.05, 4.69) is 10.6 Å². The van der Waals surface area contributed by atoms with Crippen LogP contribution in [0.4, 0.5) is 0 Å². The quantitative estimate of drug-likeness (QED) is 0.127. The fourth-order valence-corrected chi connectivity index (χ4v) is 5.59. The Morgan fingerprint density at radius 1 is 0.854 bits per heavy atom. The summed E-state index contributed by atoms with van der Waals surface area (Å²) in [6, 6.07) is 27.1. The van der Waals surface area contributed by atoms with Gasteiger partial charge in [0.25, 0.3) is 0 Å². The maximum atomic E-state index is 13.7. The zero-order valence-electron chi connectivity index (χ0n) is 27.6. The smallest absolute Gasteiger partial charge is 0.309 e. The first kappa shape index (κ1) is 36.4. The van der Waals surface area contributed by atoms with Crippen LogP contribution in [0.1, 0.15) is 48.8 Å². The van der Waals surface area contributed by atoms with Gasteiger partial charge in [0.15, 0.2) is 0 Å². The van der Waals surface area contributed by atoms with E-state index in [0.717, 1.165) is 35.3 Å². The SMILES string of the molecule is O=C(C[C@H]1CC=CCCC[C@H](Cc2ccccc2)C(=O)OC[C@H](Cc2ccc(OCc3ccccc3)cc2)NC1=O)NCCOCCO. The topological polar surface area (TPSA) is 123 Å². The Labute approximate surface area is 283 Å². The molecule has 3 aromatic rings. The number of cyclic esters (lactones) is 1. The van der Waals surface area contributed by atoms with Crippen LogP contribution in [-0.4, -0.2) is 61.9 Å². The molecule has 9 nitrogen and oxygen atoms in total. The van der Waals surface area contributed by atoms with Crippen molar-refractivity contribution in [2.45, 2.75) is 57.6 Å². The van der Waals surface area contributed by atoms with Gasteiger partial charge in [-0.25, -0.2) is 0 Å². The van der Waals surface area contributed by atoms with Crippen molar-refractivity contribution >= 4 is 17.8 Å². The normalized spacial score (nSPS) is 19.1. The maximum absolute atomic E-state index is 13.7. The van der Waals surface area contributed by atoms with Crippen molar-refractivity contribution in [3.05, 3.63) is 114 Å². The lowest BCUT2D eigenvalue weighted by Crippen LogP contribution is -2.44. The van der Waals surface area contributed by atoms with E-state index in [1.54, 1.807) is 0 Å². The molecule has 0 bridgehead atoms. The van der Waals surface area contributed by atoms with Crippen molar-refractivity contribution in [2.24, 2.45) is 11.8 Å². The molecule has 0 spiro atoms. The molecular formula is C39H48N2O7. The van der Waals surface area contributed by atoms with Gasteiger partial charge < -0.3 is 30.0 Å². The summed E-state index contributed by atoms with van der Waals surface area (Å²) in [4.78, 5) is 39.8. The standard InChI is InChI=1S/C39H48N2O7/c42-22-24-46-23-21-40-37(43)27-33-15-9-1-2-10-16-34(25-30-11-5-3-6-12-30)39(45)48-29-35(41-38(33)44)26-31-17-19-36(20-18-31)47-28-32-13-7-4-8-14-32/h1,3-9,11-14,17-20,33-35,42H,2,10,15-16,21-29H2,(H,40,43)(H,41,44)/t33-,34-,35+/m1/s1. The van der Waals surface area contributed by atoms with E-state index in [9.17, 15) is 14.4 Å². The van der Waals surface area contributed by atoms with Crippen LogP contribution in [-0.2, 0) is 43.3 Å². The fraction of sp³-hybridized carbons (Fsp3) is 0.410. The minimum Gasteiger partial charge on any atom is -0.489 e. The van der Waals surface area contributed by atoms with Crippen molar-refractivity contribution in [2.75, 3.05) is 33.0 Å². The molecule has 1 heterocycles. The number of hydrogen-bond acceptors (Lipinski definition) is 7. The Balaban J connectivity index is 1.45. The van der Waals surface area contributed by atoms with Gasteiger partial charge in [0.1, 0.15) is 19.0 Å². The third-order valence-electron chi connectivity index (χ3n) is 8.20. The van der Waals surface area contributed by atoms with Gasteiger partial charge in [0, 0.05) is 13.0 Å². The molecule has 0 saturated heterocycles. The molecule has 3 N–H and O–H groups in total. The van der Waals surface area contributed by atoms with Crippen LogP contribution in [0.15, 0.2) is 97.1 Å². The second kappa shape index (κ2) is 20.7. The predicted octanol–water partition coefficient (Wildman–Crippen LogP) is 4.96. The lowest BCUT2D eigenvalue weighted by Gasteiger charge is -2.24. The maximum Gasteiger partial charge on any atom is 0.309 e. The Morgan fingerprint density at radius 2 is 1.56 bits per heavy atom. The molecule has 0 saturated carbocycles. The molecule has 0 unspecified atom stereocenters. The lowest BCUT2D eigenvalue weighted by molar-refractivity contribution is -0.150. The second-order valence-corrected chi connectivity index (χ2v) is 12.1. The average molecular weight is 657 g/mol. The first-order chi connectivity index (χ1) is 23.5. The predicted molar refractivity (Wildman–Crippen MR) is 184 cm³/mol. The summed E-state index contributed by atoms with van der Waals surface area (Å²) in [5.41, 5.74) is 3.10. The fourth-order valence-electron chi connectivity index (χ4n) is 5.59. The molecule has 0 aliphatic carbocycles. The summed E-state index contributed by atoms with van der Waals surface area (Å²) >= 11 is 0. The number of benzene rings is 3. The highest BCUT2D eigenvalue weighted by molar-refractivity contribution is 5.86.